The van der Waals surface area contributed by atoms with Crippen molar-refractivity contribution in [3.8, 4) is 33.8 Å². The summed E-state index contributed by atoms with van der Waals surface area (Å²) < 4.78 is 173. The molecule has 4 aromatic rings. The van der Waals surface area contributed by atoms with Crippen molar-refractivity contribution in [3.63, 3.8) is 0 Å². The van der Waals surface area contributed by atoms with Crippen molar-refractivity contribution in [2.24, 2.45) is 0 Å². The van der Waals surface area contributed by atoms with Gasteiger partial charge in [0.25, 0.3) is 0 Å². The SMILES string of the molecule is CCC(F)=C(F)c1ccc(-c2ccc(-c3cc(F)c(C(F)(F)Oc4cc(F)c(OC(F)(F)F)c(F)c4)c(F)c3)c(F)c2)cc1. The molecule has 0 atom stereocenters. The molecule has 0 radical (unpaired) electrons. The minimum Gasteiger partial charge on any atom is -0.429 e. The lowest BCUT2D eigenvalue weighted by molar-refractivity contribution is -0.276. The number of alkyl halides is 5. The van der Waals surface area contributed by atoms with Crippen molar-refractivity contribution in [2.75, 3.05) is 0 Å². The van der Waals surface area contributed by atoms with Crippen LogP contribution in [0.15, 0.2) is 72.6 Å². The van der Waals surface area contributed by atoms with Crippen LogP contribution in [0.5, 0.6) is 11.5 Å². The molecule has 0 saturated heterocycles. The van der Waals surface area contributed by atoms with Gasteiger partial charge in [-0.25, -0.2) is 30.7 Å². The van der Waals surface area contributed by atoms with Gasteiger partial charge in [-0.2, -0.15) is 8.78 Å². The minimum absolute atomic E-state index is 0.0558. The van der Waals surface area contributed by atoms with E-state index in [0.29, 0.717) is 17.7 Å². The summed E-state index contributed by atoms with van der Waals surface area (Å²) in [5.41, 5.74) is -2.48. The van der Waals surface area contributed by atoms with E-state index >= 15 is 0 Å². The molecular weight excluding hydrogens is 620 g/mol. The lowest BCUT2D eigenvalue weighted by atomic mass is 9.97. The first-order valence-corrected chi connectivity index (χ1v) is 12.3. The van der Waals surface area contributed by atoms with Gasteiger partial charge < -0.3 is 9.47 Å². The fraction of sp³-hybridized carbons (Fsp3) is 0.133. The van der Waals surface area contributed by atoms with Gasteiger partial charge >= 0.3 is 12.5 Å². The van der Waals surface area contributed by atoms with Crippen LogP contribution in [0.4, 0.5) is 52.7 Å². The predicted octanol–water partition coefficient (Wildman–Crippen LogP) is 10.8. The molecule has 0 aliphatic rings. The maximum Gasteiger partial charge on any atom is 0.573 e. The Bertz CT molecular complexity index is 1680. The maximum absolute atomic E-state index is 15.0. The second-order valence-electron chi connectivity index (χ2n) is 9.04. The summed E-state index contributed by atoms with van der Waals surface area (Å²) in [7, 11) is 0. The molecular formula is C30H16F12O2. The van der Waals surface area contributed by atoms with Crippen molar-refractivity contribution >= 4 is 5.83 Å². The summed E-state index contributed by atoms with van der Waals surface area (Å²) in [6.07, 6.45) is -10.6. The normalized spacial score (nSPS) is 12.7. The lowest BCUT2D eigenvalue weighted by Crippen LogP contribution is -2.25. The lowest BCUT2D eigenvalue weighted by Gasteiger charge is -2.21. The first kappa shape index (κ1) is 32.3. The van der Waals surface area contributed by atoms with Gasteiger partial charge in [0, 0.05) is 23.3 Å². The van der Waals surface area contributed by atoms with Gasteiger partial charge in [0.15, 0.2) is 17.5 Å². The summed E-state index contributed by atoms with van der Waals surface area (Å²) in [5.74, 6) is -14.6. The van der Waals surface area contributed by atoms with Gasteiger partial charge in [0.1, 0.15) is 34.6 Å². The van der Waals surface area contributed by atoms with Gasteiger partial charge in [-0.15, -0.1) is 13.2 Å². The molecule has 0 spiro atoms. The van der Waals surface area contributed by atoms with Crippen molar-refractivity contribution in [2.45, 2.75) is 25.8 Å². The Morgan fingerprint density at radius 1 is 0.614 bits per heavy atom. The second-order valence-corrected chi connectivity index (χ2v) is 9.04. The van der Waals surface area contributed by atoms with Gasteiger partial charge in [0.2, 0.25) is 5.75 Å². The van der Waals surface area contributed by atoms with Crippen molar-refractivity contribution in [1.82, 2.24) is 0 Å². The van der Waals surface area contributed by atoms with E-state index in [9.17, 15) is 52.7 Å². The average Bonchev–Trinajstić information content (AvgIpc) is 2.93. The number of ether oxygens (including phenoxy) is 2. The monoisotopic (exact) mass is 636 g/mol. The molecule has 0 aliphatic heterocycles. The van der Waals surface area contributed by atoms with Crippen molar-refractivity contribution in [1.29, 1.82) is 0 Å². The zero-order chi connectivity index (χ0) is 32.6. The molecule has 44 heavy (non-hydrogen) atoms. The molecule has 0 fully saturated rings. The zero-order valence-corrected chi connectivity index (χ0v) is 21.9. The van der Waals surface area contributed by atoms with Crippen LogP contribution in [0.1, 0.15) is 24.5 Å². The molecule has 0 bridgehead atoms. The number of rotatable bonds is 8. The quantitative estimate of drug-likeness (QED) is 0.179. The highest BCUT2D eigenvalue weighted by Gasteiger charge is 2.42. The van der Waals surface area contributed by atoms with Crippen LogP contribution in [-0.2, 0) is 6.11 Å². The predicted molar refractivity (Wildman–Crippen MR) is 134 cm³/mol. The average molecular weight is 636 g/mol. The molecule has 0 heterocycles. The molecule has 4 aromatic carbocycles. The van der Waals surface area contributed by atoms with Crippen LogP contribution in [-0.4, -0.2) is 6.36 Å². The molecule has 0 N–H and O–H groups in total. The van der Waals surface area contributed by atoms with E-state index in [2.05, 4.69) is 9.47 Å². The van der Waals surface area contributed by atoms with E-state index in [-0.39, 0.29) is 29.7 Å². The Morgan fingerprint density at radius 2 is 1.14 bits per heavy atom. The van der Waals surface area contributed by atoms with Gasteiger partial charge in [-0.1, -0.05) is 43.3 Å². The fourth-order valence-corrected chi connectivity index (χ4v) is 4.06. The third-order valence-corrected chi connectivity index (χ3v) is 6.07. The Kier molecular flexibility index (Phi) is 8.93. The molecule has 0 aliphatic carbocycles. The van der Waals surface area contributed by atoms with Crippen molar-refractivity contribution in [3.05, 3.63) is 113 Å². The standard InChI is InChI=1S/C30H16F12O2/c1-2-20(31)27(37)15-5-3-14(4-6-15)16-7-8-19(21(32)9-16)17-10-22(33)26(23(34)11-17)29(38,39)43-18-12-24(35)28(25(36)13-18)44-30(40,41)42/h3-13H,2H2,1H3. The molecule has 0 saturated carbocycles. The number of hydrogen-bond donors (Lipinski definition) is 0. The fourth-order valence-electron chi connectivity index (χ4n) is 4.06. The molecule has 0 unspecified atom stereocenters. The Labute approximate surface area is 240 Å². The molecule has 2 nitrogen and oxygen atoms in total. The highest BCUT2D eigenvalue weighted by molar-refractivity contribution is 5.73. The first-order valence-electron chi connectivity index (χ1n) is 12.3. The van der Waals surface area contributed by atoms with Crippen LogP contribution in [0.25, 0.3) is 28.1 Å². The zero-order valence-electron chi connectivity index (χ0n) is 21.9. The molecule has 0 aromatic heterocycles. The summed E-state index contributed by atoms with van der Waals surface area (Å²) >= 11 is 0. The molecule has 14 heteroatoms. The summed E-state index contributed by atoms with van der Waals surface area (Å²) in [6, 6.07) is 9.01. The summed E-state index contributed by atoms with van der Waals surface area (Å²) in [5, 5.41) is 0. The Hall–Kier alpha value is -4.62. The van der Waals surface area contributed by atoms with E-state index in [0.717, 1.165) is 12.1 Å². The smallest absolute Gasteiger partial charge is 0.429 e. The molecule has 232 valence electrons. The van der Waals surface area contributed by atoms with Gasteiger partial charge in [-0.05, 0) is 41.3 Å². The Balaban J connectivity index is 1.60. The van der Waals surface area contributed by atoms with Gasteiger partial charge in [0.05, 0.1) is 0 Å². The number of halogens is 12. The third kappa shape index (κ3) is 6.95. The van der Waals surface area contributed by atoms with E-state index < -0.39 is 81.4 Å². The van der Waals surface area contributed by atoms with Crippen molar-refractivity contribution < 1.29 is 62.2 Å². The highest BCUT2D eigenvalue weighted by atomic mass is 19.4. The molecule has 0 amide bonds. The van der Waals surface area contributed by atoms with E-state index in [1.165, 1.54) is 37.3 Å². The van der Waals surface area contributed by atoms with Crippen LogP contribution in [0, 0.1) is 29.1 Å². The van der Waals surface area contributed by atoms with Crippen LogP contribution in [0.2, 0.25) is 0 Å². The minimum atomic E-state index is -5.53. The first-order chi connectivity index (χ1) is 20.5. The topological polar surface area (TPSA) is 18.5 Å². The third-order valence-electron chi connectivity index (χ3n) is 6.07. The van der Waals surface area contributed by atoms with E-state index in [1.807, 2.05) is 0 Å². The highest BCUT2D eigenvalue weighted by Crippen LogP contribution is 2.40. The van der Waals surface area contributed by atoms with E-state index in [4.69, 9.17) is 0 Å². The van der Waals surface area contributed by atoms with Crippen LogP contribution < -0.4 is 9.47 Å². The Morgan fingerprint density at radius 3 is 1.64 bits per heavy atom. The van der Waals surface area contributed by atoms with Gasteiger partial charge in [-0.3, -0.25) is 0 Å². The van der Waals surface area contributed by atoms with Crippen LogP contribution >= 0.6 is 0 Å². The number of allylic oxidation sites excluding steroid dienone is 1. The number of benzene rings is 4. The van der Waals surface area contributed by atoms with E-state index in [1.54, 1.807) is 0 Å². The van der Waals surface area contributed by atoms with Crippen LogP contribution in [0.3, 0.4) is 0 Å². The summed E-state index contributed by atoms with van der Waals surface area (Å²) in [4.78, 5) is 0. The second kappa shape index (κ2) is 12.2. The molecule has 4 rings (SSSR count). The number of hydrogen-bond acceptors (Lipinski definition) is 2. The maximum atomic E-state index is 15.0. The largest absolute Gasteiger partial charge is 0.573 e. The summed E-state index contributed by atoms with van der Waals surface area (Å²) in [6.45, 7) is 1.42.